The molecule has 1 unspecified atom stereocenters. The molecule has 2 rings (SSSR count). The Hall–Kier alpha value is -2.55. The fourth-order valence-electron chi connectivity index (χ4n) is 1.61. The van der Waals surface area contributed by atoms with Gasteiger partial charge in [-0.15, -0.1) is 0 Å². The van der Waals surface area contributed by atoms with Gasteiger partial charge in [0, 0.05) is 11.3 Å². The lowest BCUT2D eigenvalue weighted by Gasteiger charge is -2.10. The smallest absolute Gasteiger partial charge is 0.291 e. The number of thioether (sulfide) groups is 1. The van der Waals surface area contributed by atoms with Crippen LogP contribution < -0.4 is 20.8 Å². The molecular weight excluding hydrogens is 308 g/mol. The molecular formula is C13H14N4O4S. The number of nitrogens with one attached hydrogen (secondary N) is 1. The van der Waals surface area contributed by atoms with Crippen molar-refractivity contribution >= 4 is 29.3 Å². The summed E-state index contributed by atoms with van der Waals surface area (Å²) in [6.45, 7) is 1.66. The lowest BCUT2D eigenvalue weighted by Crippen LogP contribution is -2.33. The second kappa shape index (κ2) is 6.48. The third-order valence-electron chi connectivity index (χ3n) is 2.81. The van der Waals surface area contributed by atoms with Crippen LogP contribution in [0.25, 0.3) is 0 Å². The number of nitrogens with zero attached hydrogens (tertiary/aromatic N) is 2. The number of carbonyl (C=O) groups excluding carboxylic acids is 2. The van der Waals surface area contributed by atoms with Crippen LogP contribution in [-0.4, -0.2) is 22.3 Å². The van der Waals surface area contributed by atoms with E-state index in [0.717, 1.165) is 11.8 Å². The standard InChI is InChI=1S/C13H14N4O4S/c1-7(22-12-13(20)21-16-17(12)2)11(19)15-9-5-3-8(4-6-9)10(14)18/h3-7H,1-2H3,(H3-,14,15,16,18,19,20). The number of hydrogen-bond donors (Lipinski definition) is 2. The first kappa shape index (κ1) is 15.8. The SMILES string of the molecule is CC(Sc1c([O-])on[n+]1C)C(=O)Nc1ccc(C(N)=O)cc1. The van der Waals surface area contributed by atoms with E-state index in [0.29, 0.717) is 11.3 Å². The highest BCUT2D eigenvalue weighted by Crippen LogP contribution is 2.26. The molecule has 0 fully saturated rings. The summed E-state index contributed by atoms with van der Waals surface area (Å²) in [7, 11) is 1.56. The summed E-state index contributed by atoms with van der Waals surface area (Å²) in [6, 6.07) is 6.19. The van der Waals surface area contributed by atoms with Gasteiger partial charge in [-0.1, -0.05) is 4.68 Å². The van der Waals surface area contributed by atoms with Crippen LogP contribution in [0.3, 0.4) is 0 Å². The van der Waals surface area contributed by atoms with E-state index in [9.17, 15) is 14.7 Å². The first-order chi connectivity index (χ1) is 10.4. The first-order valence-electron chi connectivity index (χ1n) is 6.29. The van der Waals surface area contributed by atoms with Crippen LogP contribution in [0.2, 0.25) is 0 Å². The van der Waals surface area contributed by atoms with Crippen LogP contribution in [0.4, 0.5) is 5.69 Å². The molecule has 0 aliphatic heterocycles. The van der Waals surface area contributed by atoms with Crippen molar-refractivity contribution in [2.45, 2.75) is 17.2 Å². The zero-order chi connectivity index (χ0) is 16.3. The van der Waals surface area contributed by atoms with Gasteiger partial charge in [0.2, 0.25) is 11.8 Å². The van der Waals surface area contributed by atoms with Crippen LogP contribution in [0, 0.1) is 0 Å². The Morgan fingerprint density at radius 1 is 1.41 bits per heavy atom. The molecule has 0 saturated carbocycles. The number of anilines is 1. The third kappa shape index (κ3) is 3.55. The van der Waals surface area contributed by atoms with Crippen LogP contribution >= 0.6 is 11.8 Å². The molecule has 2 amide bonds. The summed E-state index contributed by atoms with van der Waals surface area (Å²) >= 11 is 1.05. The van der Waals surface area contributed by atoms with Gasteiger partial charge in [0.15, 0.2) is 13.0 Å². The van der Waals surface area contributed by atoms with E-state index >= 15 is 0 Å². The largest absolute Gasteiger partial charge is 0.538 e. The monoisotopic (exact) mass is 322 g/mol. The van der Waals surface area contributed by atoms with Gasteiger partial charge in [0.25, 0.3) is 5.03 Å². The second-order valence-corrected chi connectivity index (χ2v) is 5.81. The normalized spacial score (nSPS) is 11.9. The molecule has 0 aliphatic carbocycles. The van der Waals surface area contributed by atoms with Gasteiger partial charge in [-0.3, -0.25) is 9.59 Å². The highest BCUT2D eigenvalue weighted by molar-refractivity contribution is 8.00. The molecule has 1 heterocycles. The molecule has 1 aromatic heterocycles. The van der Waals surface area contributed by atoms with E-state index in [1.54, 1.807) is 26.1 Å². The van der Waals surface area contributed by atoms with Crippen molar-refractivity contribution in [1.29, 1.82) is 0 Å². The van der Waals surface area contributed by atoms with Crippen LogP contribution in [0.1, 0.15) is 17.3 Å². The minimum atomic E-state index is -0.585. The molecule has 0 saturated heterocycles. The second-order valence-electron chi connectivity index (χ2n) is 4.48. The van der Waals surface area contributed by atoms with Crippen LogP contribution in [0.5, 0.6) is 5.95 Å². The average Bonchev–Trinajstić information content (AvgIpc) is 2.79. The molecule has 1 aromatic carbocycles. The summed E-state index contributed by atoms with van der Waals surface area (Å²) in [5.74, 6) is -1.42. The molecule has 8 nitrogen and oxygen atoms in total. The summed E-state index contributed by atoms with van der Waals surface area (Å²) < 4.78 is 5.77. The highest BCUT2D eigenvalue weighted by atomic mass is 32.2. The fourth-order valence-corrected chi connectivity index (χ4v) is 2.43. The van der Waals surface area contributed by atoms with Crippen molar-refractivity contribution < 1.29 is 23.9 Å². The van der Waals surface area contributed by atoms with Crippen molar-refractivity contribution in [3.8, 4) is 5.95 Å². The third-order valence-corrected chi connectivity index (χ3v) is 4.03. The van der Waals surface area contributed by atoms with Crippen LogP contribution in [-0.2, 0) is 11.8 Å². The van der Waals surface area contributed by atoms with Crippen molar-refractivity contribution in [1.82, 2.24) is 5.27 Å². The lowest BCUT2D eigenvalue weighted by atomic mass is 10.2. The Morgan fingerprint density at radius 2 is 2.05 bits per heavy atom. The molecule has 0 aliphatic rings. The van der Waals surface area contributed by atoms with Crippen molar-refractivity contribution in [2.75, 3.05) is 5.32 Å². The Morgan fingerprint density at radius 3 is 2.55 bits per heavy atom. The molecule has 9 heteroatoms. The maximum atomic E-state index is 12.1. The van der Waals surface area contributed by atoms with E-state index in [-0.39, 0.29) is 10.9 Å². The molecule has 1 atom stereocenters. The number of amides is 2. The Kier molecular flexibility index (Phi) is 4.66. The van der Waals surface area contributed by atoms with Gasteiger partial charge in [0.05, 0.1) is 10.5 Å². The topological polar surface area (TPSA) is 125 Å². The minimum absolute atomic E-state index is 0.242. The molecule has 2 aromatic rings. The molecule has 0 bridgehead atoms. The highest BCUT2D eigenvalue weighted by Gasteiger charge is 2.22. The summed E-state index contributed by atoms with van der Waals surface area (Å²) in [6.07, 6.45) is 0. The number of hydrogen-bond acceptors (Lipinski definition) is 6. The zero-order valence-electron chi connectivity index (χ0n) is 11.9. The lowest BCUT2D eigenvalue weighted by molar-refractivity contribution is -0.772. The molecule has 116 valence electrons. The minimum Gasteiger partial charge on any atom is -0.538 e. The predicted octanol–water partition coefficient (Wildman–Crippen LogP) is -0.209. The van der Waals surface area contributed by atoms with E-state index in [1.807, 2.05) is 0 Å². The Bertz CT molecular complexity index is 679. The number of rotatable bonds is 5. The number of aryl methyl sites for hydroxylation is 1. The van der Waals surface area contributed by atoms with Gasteiger partial charge in [-0.05, 0) is 43.0 Å². The average molecular weight is 322 g/mol. The van der Waals surface area contributed by atoms with Crippen LogP contribution in [0.15, 0.2) is 33.8 Å². The summed E-state index contributed by atoms with van der Waals surface area (Å²) in [5, 5.41) is 17.3. The van der Waals surface area contributed by atoms with Crippen molar-refractivity contribution in [3.63, 3.8) is 0 Å². The van der Waals surface area contributed by atoms with Crippen molar-refractivity contribution in [2.24, 2.45) is 12.8 Å². The molecule has 3 N–H and O–H groups in total. The molecule has 22 heavy (non-hydrogen) atoms. The zero-order valence-corrected chi connectivity index (χ0v) is 12.7. The van der Waals surface area contributed by atoms with Gasteiger partial charge in [-0.25, -0.2) is 0 Å². The number of primary amides is 1. The maximum Gasteiger partial charge on any atom is 0.291 e. The van der Waals surface area contributed by atoms with E-state index < -0.39 is 17.1 Å². The van der Waals surface area contributed by atoms with Gasteiger partial charge >= 0.3 is 0 Å². The molecule has 0 spiro atoms. The summed E-state index contributed by atoms with van der Waals surface area (Å²) in [4.78, 5) is 23.1. The van der Waals surface area contributed by atoms with Gasteiger partial charge in [0.1, 0.15) is 0 Å². The number of nitrogens with two attached hydrogens (primary N) is 1. The molecule has 0 radical (unpaired) electrons. The predicted molar refractivity (Wildman–Crippen MR) is 76.0 cm³/mol. The number of carbonyl (C=O) groups is 2. The maximum absolute atomic E-state index is 12.1. The fraction of sp³-hybridized carbons (Fsp3) is 0.231. The van der Waals surface area contributed by atoms with Gasteiger partial charge in [-0.2, -0.15) is 0 Å². The number of aromatic nitrogens is 2. The first-order valence-corrected chi connectivity index (χ1v) is 7.17. The quantitative estimate of drug-likeness (QED) is 0.579. The number of benzene rings is 1. The summed E-state index contributed by atoms with van der Waals surface area (Å²) in [5.41, 5.74) is 6.02. The van der Waals surface area contributed by atoms with E-state index in [2.05, 4.69) is 15.1 Å². The van der Waals surface area contributed by atoms with Crippen molar-refractivity contribution in [3.05, 3.63) is 29.8 Å². The van der Waals surface area contributed by atoms with E-state index in [1.165, 1.54) is 16.8 Å². The van der Waals surface area contributed by atoms with E-state index in [4.69, 9.17) is 5.73 Å². The Labute approximate surface area is 130 Å². The van der Waals surface area contributed by atoms with Gasteiger partial charge < -0.3 is 20.7 Å². The Balaban J connectivity index is 2.01.